The number of ketones is 1. The van der Waals surface area contributed by atoms with Crippen LogP contribution in [0.2, 0.25) is 0 Å². The number of carbonyl (C=O) groups is 2. The van der Waals surface area contributed by atoms with Crippen LogP contribution in [0.15, 0.2) is 27.4 Å². The Morgan fingerprint density at radius 3 is 2.62 bits per heavy atom. The van der Waals surface area contributed by atoms with Crippen molar-refractivity contribution in [3.8, 4) is 5.75 Å². The number of aromatic hydroxyl groups is 1. The van der Waals surface area contributed by atoms with E-state index in [1.54, 1.807) is 19.9 Å². The highest BCUT2D eigenvalue weighted by atomic mass is 16.5. The average molecular weight is 336 g/mol. The van der Waals surface area contributed by atoms with Crippen molar-refractivity contribution in [2.45, 2.75) is 52.4 Å². The van der Waals surface area contributed by atoms with E-state index in [9.17, 15) is 19.5 Å². The molecule has 0 bridgehead atoms. The zero-order valence-corrected chi connectivity index (χ0v) is 14.3. The molecule has 1 rings (SSSR count). The van der Waals surface area contributed by atoms with Gasteiger partial charge < -0.3 is 14.3 Å². The number of ether oxygens (including phenoxy) is 1. The van der Waals surface area contributed by atoms with Crippen LogP contribution in [0.25, 0.3) is 0 Å². The largest absolute Gasteiger partial charge is 0.507 e. The summed E-state index contributed by atoms with van der Waals surface area (Å²) >= 11 is 0. The minimum absolute atomic E-state index is 0.110. The topological polar surface area (TPSA) is 93.8 Å². The van der Waals surface area contributed by atoms with Crippen LogP contribution in [0.5, 0.6) is 5.75 Å². The third kappa shape index (κ3) is 5.68. The standard InChI is InChI=1S/C18H24O6/c1-4-13(19)17-14(20)11-15(24-18(17)22)12(3)9-7-6-8-10-16(21)23-5-2/h6,8,11-12,20H,4-5,7,9-10H2,1-3H3/b8-6+. The Labute approximate surface area is 141 Å². The van der Waals surface area contributed by atoms with E-state index in [1.807, 2.05) is 13.0 Å². The first-order chi connectivity index (χ1) is 11.4. The van der Waals surface area contributed by atoms with Gasteiger partial charge in [-0.3, -0.25) is 9.59 Å². The zero-order valence-electron chi connectivity index (χ0n) is 14.3. The van der Waals surface area contributed by atoms with E-state index in [0.29, 0.717) is 25.2 Å². The molecule has 0 spiro atoms. The van der Waals surface area contributed by atoms with E-state index >= 15 is 0 Å². The number of Topliss-reactive ketones (excluding diaryl/α,β-unsaturated/α-hetero) is 1. The molecule has 0 saturated heterocycles. The molecule has 132 valence electrons. The lowest BCUT2D eigenvalue weighted by atomic mass is 10.0. The number of hydrogen-bond acceptors (Lipinski definition) is 6. The van der Waals surface area contributed by atoms with Gasteiger partial charge in [-0.05, 0) is 19.8 Å². The fourth-order valence-electron chi connectivity index (χ4n) is 2.18. The number of carbonyl (C=O) groups excluding carboxylic acids is 2. The summed E-state index contributed by atoms with van der Waals surface area (Å²) in [5, 5.41) is 9.90. The Morgan fingerprint density at radius 2 is 2.04 bits per heavy atom. The van der Waals surface area contributed by atoms with E-state index in [4.69, 9.17) is 9.15 Å². The lowest BCUT2D eigenvalue weighted by molar-refractivity contribution is -0.142. The molecular formula is C18H24O6. The van der Waals surface area contributed by atoms with Crippen LogP contribution >= 0.6 is 0 Å². The maximum atomic E-state index is 11.9. The molecule has 0 aliphatic rings. The molecule has 0 saturated carbocycles. The molecule has 0 aromatic carbocycles. The van der Waals surface area contributed by atoms with Gasteiger partial charge in [-0.1, -0.05) is 26.0 Å². The molecular weight excluding hydrogens is 312 g/mol. The van der Waals surface area contributed by atoms with Gasteiger partial charge in [0.05, 0.1) is 13.0 Å². The zero-order chi connectivity index (χ0) is 18.1. The second-order valence-electron chi connectivity index (χ2n) is 5.43. The molecule has 1 atom stereocenters. The van der Waals surface area contributed by atoms with Crippen LogP contribution in [0.3, 0.4) is 0 Å². The molecule has 0 aliphatic heterocycles. The summed E-state index contributed by atoms with van der Waals surface area (Å²) in [6.07, 6.45) is 5.30. The van der Waals surface area contributed by atoms with Crippen molar-refractivity contribution in [1.29, 1.82) is 0 Å². The van der Waals surface area contributed by atoms with Gasteiger partial charge >= 0.3 is 11.6 Å². The molecule has 1 unspecified atom stereocenters. The van der Waals surface area contributed by atoms with E-state index < -0.39 is 11.4 Å². The minimum atomic E-state index is -0.804. The first-order valence-electron chi connectivity index (χ1n) is 8.11. The number of esters is 1. The third-order valence-electron chi connectivity index (χ3n) is 3.56. The van der Waals surface area contributed by atoms with Crippen LogP contribution in [0.1, 0.15) is 68.5 Å². The summed E-state index contributed by atoms with van der Waals surface area (Å²) in [6.45, 7) is 5.59. The minimum Gasteiger partial charge on any atom is -0.507 e. The average Bonchev–Trinajstić information content (AvgIpc) is 2.53. The van der Waals surface area contributed by atoms with Crippen molar-refractivity contribution in [3.05, 3.63) is 40.0 Å². The summed E-state index contributed by atoms with van der Waals surface area (Å²) in [5.74, 6) is -0.820. The van der Waals surface area contributed by atoms with Crippen LogP contribution in [-0.2, 0) is 9.53 Å². The molecule has 0 radical (unpaired) electrons. The molecule has 1 aromatic heterocycles. The van der Waals surface area contributed by atoms with E-state index in [1.165, 1.54) is 6.07 Å². The highest BCUT2D eigenvalue weighted by Gasteiger charge is 2.19. The van der Waals surface area contributed by atoms with Crippen molar-refractivity contribution < 1.29 is 23.8 Å². The molecule has 1 N–H and O–H groups in total. The van der Waals surface area contributed by atoms with Crippen molar-refractivity contribution in [3.63, 3.8) is 0 Å². The SMILES string of the molecule is CCOC(=O)C/C=C/CCC(C)c1cc(O)c(C(=O)CC)c(=O)o1. The molecule has 24 heavy (non-hydrogen) atoms. The van der Waals surface area contributed by atoms with Gasteiger partial charge in [0.15, 0.2) is 5.78 Å². The summed E-state index contributed by atoms with van der Waals surface area (Å²) in [4.78, 5) is 34.7. The Kier molecular flexibility index (Phi) is 7.95. The van der Waals surface area contributed by atoms with Crippen LogP contribution in [0.4, 0.5) is 0 Å². The predicted molar refractivity (Wildman–Crippen MR) is 89.3 cm³/mol. The maximum absolute atomic E-state index is 11.9. The summed E-state index contributed by atoms with van der Waals surface area (Å²) in [6, 6.07) is 1.33. The van der Waals surface area contributed by atoms with Crippen molar-refractivity contribution in [2.24, 2.45) is 0 Å². The number of hydrogen-bond donors (Lipinski definition) is 1. The van der Waals surface area contributed by atoms with E-state index in [-0.39, 0.29) is 36.0 Å². The first kappa shape index (κ1) is 19.7. The fraction of sp³-hybridized carbons (Fsp3) is 0.500. The Bertz CT molecular complexity index is 656. The second kappa shape index (κ2) is 9.70. The normalized spacial score (nSPS) is 12.3. The van der Waals surface area contributed by atoms with Crippen molar-refractivity contribution >= 4 is 11.8 Å². The molecule has 0 fully saturated rings. The van der Waals surface area contributed by atoms with Crippen molar-refractivity contribution in [2.75, 3.05) is 6.61 Å². The molecule has 1 heterocycles. The second-order valence-corrected chi connectivity index (χ2v) is 5.43. The summed E-state index contributed by atoms with van der Waals surface area (Å²) < 4.78 is 9.98. The highest BCUT2D eigenvalue weighted by molar-refractivity contribution is 5.97. The number of allylic oxidation sites excluding steroid dienone is 1. The number of rotatable bonds is 9. The van der Waals surface area contributed by atoms with Gasteiger partial charge in [0, 0.05) is 18.4 Å². The molecule has 1 aromatic rings. The summed E-state index contributed by atoms with van der Waals surface area (Å²) in [7, 11) is 0. The lowest BCUT2D eigenvalue weighted by Gasteiger charge is -2.10. The smallest absolute Gasteiger partial charge is 0.350 e. The predicted octanol–water partition coefficient (Wildman–Crippen LogP) is 3.33. The van der Waals surface area contributed by atoms with Gasteiger partial charge in [-0.15, -0.1) is 0 Å². The fourth-order valence-corrected chi connectivity index (χ4v) is 2.18. The third-order valence-corrected chi connectivity index (χ3v) is 3.56. The highest BCUT2D eigenvalue weighted by Crippen LogP contribution is 2.25. The van der Waals surface area contributed by atoms with Gasteiger partial charge in [0.25, 0.3) is 0 Å². The Balaban J connectivity index is 2.64. The van der Waals surface area contributed by atoms with E-state index in [2.05, 4.69) is 0 Å². The Morgan fingerprint density at radius 1 is 1.33 bits per heavy atom. The van der Waals surface area contributed by atoms with Gasteiger partial charge in [-0.2, -0.15) is 0 Å². The van der Waals surface area contributed by atoms with E-state index in [0.717, 1.165) is 0 Å². The molecule has 0 aliphatic carbocycles. The lowest BCUT2D eigenvalue weighted by Crippen LogP contribution is -2.15. The monoisotopic (exact) mass is 336 g/mol. The van der Waals surface area contributed by atoms with Crippen LogP contribution < -0.4 is 5.63 Å². The first-order valence-corrected chi connectivity index (χ1v) is 8.11. The molecule has 6 heteroatoms. The van der Waals surface area contributed by atoms with Crippen LogP contribution in [0, 0.1) is 0 Å². The molecule has 6 nitrogen and oxygen atoms in total. The molecule has 0 amide bonds. The summed E-state index contributed by atoms with van der Waals surface area (Å²) in [5.41, 5.74) is -1.09. The van der Waals surface area contributed by atoms with Gasteiger partial charge in [0.1, 0.15) is 17.1 Å². The van der Waals surface area contributed by atoms with Gasteiger partial charge in [0.2, 0.25) is 0 Å². The van der Waals surface area contributed by atoms with Crippen LogP contribution in [-0.4, -0.2) is 23.5 Å². The maximum Gasteiger partial charge on any atom is 0.350 e. The quantitative estimate of drug-likeness (QED) is 0.422. The van der Waals surface area contributed by atoms with Crippen molar-refractivity contribution in [1.82, 2.24) is 0 Å². The Hall–Kier alpha value is -2.37. The van der Waals surface area contributed by atoms with Gasteiger partial charge in [-0.25, -0.2) is 4.79 Å².